The SMILES string of the molecule is N#CCCCC#N.[C]. The van der Waals surface area contributed by atoms with E-state index in [0.717, 1.165) is 0 Å². The summed E-state index contributed by atoms with van der Waals surface area (Å²) in [6, 6.07) is 3.90. The van der Waals surface area contributed by atoms with E-state index in [1.807, 2.05) is 12.1 Å². The Bertz CT molecular complexity index is 90.7. The lowest BCUT2D eigenvalue weighted by Crippen LogP contribution is -1.65. The Kier molecular flexibility index (Phi) is 11.8. The predicted octanol–water partition coefficient (Wildman–Crippen LogP) is 1.29. The number of hydrogen-bond donors (Lipinski definition) is 0. The predicted molar refractivity (Wildman–Crippen MR) is 28.3 cm³/mol. The van der Waals surface area contributed by atoms with E-state index < -0.39 is 0 Å². The monoisotopic (exact) mass is 106 g/mol. The normalized spacial score (nSPS) is 5.75. The summed E-state index contributed by atoms with van der Waals surface area (Å²) >= 11 is 0. The summed E-state index contributed by atoms with van der Waals surface area (Å²) in [6.45, 7) is 0. The average Bonchev–Trinajstić information content (AvgIpc) is 1.69. The lowest BCUT2D eigenvalue weighted by Gasteiger charge is -1.75. The zero-order valence-corrected chi connectivity index (χ0v) is 4.52. The third-order valence-corrected chi connectivity index (χ3v) is 0.577. The number of rotatable bonds is 2. The summed E-state index contributed by atoms with van der Waals surface area (Å²) in [6.07, 6.45) is 1.73. The Morgan fingerprint density at radius 1 is 1.00 bits per heavy atom. The van der Waals surface area contributed by atoms with E-state index >= 15 is 0 Å². The molecule has 0 amide bonds. The molecule has 0 unspecified atom stereocenters. The molecule has 0 rings (SSSR count). The minimum Gasteiger partial charge on any atom is -0.198 e. The molecule has 0 saturated carbocycles. The van der Waals surface area contributed by atoms with Gasteiger partial charge in [0.05, 0.1) is 12.1 Å². The van der Waals surface area contributed by atoms with Gasteiger partial charge in [0.2, 0.25) is 0 Å². The lowest BCUT2D eigenvalue weighted by atomic mass is 10.3. The van der Waals surface area contributed by atoms with E-state index in [1.165, 1.54) is 0 Å². The Labute approximate surface area is 50.4 Å². The first-order chi connectivity index (χ1) is 3.41. The molecule has 0 aromatic rings. The molecule has 0 atom stereocenters. The third-order valence-electron chi connectivity index (χ3n) is 0.577. The maximum Gasteiger partial charge on any atom is 0.0622 e. The van der Waals surface area contributed by atoms with Crippen molar-refractivity contribution in [2.45, 2.75) is 19.3 Å². The topological polar surface area (TPSA) is 47.6 Å². The Balaban J connectivity index is 0. The van der Waals surface area contributed by atoms with Crippen molar-refractivity contribution >= 4 is 0 Å². The van der Waals surface area contributed by atoms with Crippen molar-refractivity contribution in [3.05, 3.63) is 7.43 Å². The van der Waals surface area contributed by atoms with Crippen LogP contribution in [0, 0.1) is 30.1 Å². The van der Waals surface area contributed by atoms with Gasteiger partial charge in [-0.2, -0.15) is 10.5 Å². The first-order valence-electron chi connectivity index (χ1n) is 2.15. The van der Waals surface area contributed by atoms with Crippen LogP contribution in [0.25, 0.3) is 0 Å². The molecule has 40 valence electrons. The van der Waals surface area contributed by atoms with Crippen molar-refractivity contribution in [2.24, 2.45) is 0 Å². The second-order valence-corrected chi connectivity index (χ2v) is 1.17. The molecular weight excluding hydrogens is 100 g/mol. The minimum absolute atomic E-state index is 0. The number of unbranched alkanes of at least 4 members (excludes halogenated alkanes) is 2. The van der Waals surface area contributed by atoms with Gasteiger partial charge in [-0.3, -0.25) is 0 Å². The molecule has 0 saturated heterocycles. The highest BCUT2D eigenvalue weighted by Gasteiger charge is 1.79. The smallest absolute Gasteiger partial charge is 0.0622 e. The van der Waals surface area contributed by atoms with Crippen LogP contribution in [0.5, 0.6) is 0 Å². The lowest BCUT2D eigenvalue weighted by molar-refractivity contribution is 0.885. The third kappa shape index (κ3) is 8.88. The van der Waals surface area contributed by atoms with Gasteiger partial charge < -0.3 is 0 Å². The average molecular weight is 106 g/mol. The van der Waals surface area contributed by atoms with Gasteiger partial charge in [0.15, 0.2) is 0 Å². The van der Waals surface area contributed by atoms with Gasteiger partial charge in [0, 0.05) is 20.3 Å². The van der Waals surface area contributed by atoms with Gasteiger partial charge in [0.25, 0.3) is 0 Å². The fraction of sp³-hybridized carbons (Fsp3) is 0.500. The molecule has 0 fully saturated rings. The van der Waals surface area contributed by atoms with Gasteiger partial charge in [-0.05, 0) is 6.42 Å². The highest BCUT2D eigenvalue weighted by molar-refractivity contribution is 4.74. The van der Waals surface area contributed by atoms with Crippen molar-refractivity contribution in [1.29, 1.82) is 10.5 Å². The van der Waals surface area contributed by atoms with Crippen LogP contribution in [0.2, 0.25) is 0 Å². The van der Waals surface area contributed by atoms with Crippen molar-refractivity contribution in [3.8, 4) is 12.1 Å². The van der Waals surface area contributed by atoms with E-state index in [9.17, 15) is 0 Å². The number of hydrogen-bond acceptors (Lipinski definition) is 2. The maximum absolute atomic E-state index is 7.93. The number of nitrogens with zero attached hydrogens (tertiary/aromatic N) is 2. The molecule has 8 heavy (non-hydrogen) atoms. The molecule has 0 aliphatic carbocycles. The first kappa shape index (κ1) is 10.1. The number of nitriles is 2. The highest BCUT2D eigenvalue weighted by Crippen LogP contribution is 1.88. The molecule has 0 N–H and O–H groups in total. The molecule has 0 aliphatic heterocycles. The molecular formula is C6H6N2. The van der Waals surface area contributed by atoms with Crippen LogP contribution >= 0.6 is 0 Å². The first-order valence-corrected chi connectivity index (χ1v) is 2.15. The second kappa shape index (κ2) is 9.36. The van der Waals surface area contributed by atoms with E-state index in [2.05, 4.69) is 0 Å². The molecule has 0 aliphatic rings. The van der Waals surface area contributed by atoms with Crippen molar-refractivity contribution < 1.29 is 0 Å². The van der Waals surface area contributed by atoms with E-state index in [-0.39, 0.29) is 7.43 Å². The van der Waals surface area contributed by atoms with Crippen LogP contribution < -0.4 is 0 Å². The Morgan fingerprint density at radius 2 is 1.38 bits per heavy atom. The molecule has 0 bridgehead atoms. The van der Waals surface area contributed by atoms with Crippen molar-refractivity contribution in [2.75, 3.05) is 0 Å². The fourth-order valence-electron chi connectivity index (χ4n) is 0.247. The van der Waals surface area contributed by atoms with Gasteiger partial charge >= 0.3 is 0 Å². The molecule has 4 radical (unpaired) electrons. The van der Waals surface area contributed by atoms with E-state index in [0.29, 0.717) is 19.3 Å². The largest absolute Gasteiger partial charge is 0.198 e. The molecule has 0 aromatic carbocycles. The zero-order chi connectivity index (χ0) is 5.54. The zero-order valence-electron chi connectivity index (χ0n) is 4.52. The van der Waals surface area contributed by atoms with Gasteiger partial charge in [-0.1, -0.05) is 0 Å². The summed E-state index contributed by atoms with van der Waals surface area (Å²) in [5.41, 5.74) is 0. The summed E-state index contributed by atoms with van der Waals surface area (Å²) in [5.74, 6) is 0. The van der Waals surface area contributed by atoms with Crippen molar-refractivity contribution in [3.63, 3.8) is 0 Å². The summed E-state index contributed by atoms with van der Waals surface area (Å²) in [4.78, 5) is 0. The van der Waals surface area contributed by atoms with Gasteiger partial charge in [-0.15, -0.1) is 0 Å². The van der Waals surface area contributed by atoms with Crippen LogP contribution in [0.15, 0.2) is 0 Å². The molecule has 2 nitrogen and oxygen atoms in total. The molecule has 0 spiro atoms. The van der Waals surface area contributed by atoms with E-state index in [4.69, 9.17) is 10.5 Å². The minimum atomic E-state index is 0. The Hall–Kier alpha value is -1.02. The van der Waals surface area contributed by atoms with Crippen LogP contribution in [0.1, 0.15) is 19.3 Å². The van der Waals surface area contributed by atoms with Crippen LogP contribution in [-0.2, 0) is 0 Å². The van der Waals surface area contributed by atoms with Crippen molar-refractivity contribution in [1.82, 2.24) is 0 Å². The summed E-state index contributed by atoms with van der Waals surface area (Å²) < 4.78 is 0. The van der Waals surface area contributed by atoms with Crippen LogP contribution in [-0.4, -0.2) is 0 Å². The second-order valence-electron chi connectivity index (χ2n) is 1.17. The standard InChI is InChI=1S/C5H6N2.C/c6-4-2-1-3-5-7;/h1-3H2;. The summed E-state index contributed by atoms with van der Waals surface area (Å²) in [7, 11) is 0. The van der Waals surface area contributed by atoms with Gasteiger partial charge in [-0.25, -0.2) is 0 Å². The molecule has 0 heterocycles. The molecule has 2 heteroatoms. The van der Waals surface area contributed by atoms with Crippen LogP contribution in [0.3, 0.4) is 0 Å². The fourth-order valence-corrected chi connectivity index (χ4v) is 0.247. The highest BCUT2D eigenvalue weighted by atomic mass is 14.2. The quantitative estimate of drug-likeness (QED) is 0.498. The Morgan fingerprint density at radius 3 is 1.62 bits per heavy atom. The van der Waals surface area contributed by atoms with Crippen LogP contribution in [0.4, 0.5) is 0 Å². The summed E-state index contributed by atoms with van der Waals surface area (Å²) in [5, 5.41) is 15.9. The maximum atomic E-state index is 7.93. The van der Waals surface area contributed by atoms with Gasteiger partial charge in [0.1, 0.15) is 0 Å². The van der Waals surface area contributed by atoms with E-state index in [1.54, 1.807) is 0 Å². The molecule has 0 aromatic heterocycles.